The minimum atomic E-state index is -2.99. The van der Waals surface area contributed by atoms with Gasteiger partial charge in [0.2, 0.25) is 0 Å². The van der Waals surface area contributed by atoms with Crippen molar-refractivity contribution < 1.29 is 8.42 Å². The summed E-state index contributed by atoms with van der Waals surface area (Å²) in [6.45, 7) is 0.759. The highest BCUT2D eigenvalue weighted by Gasteiger charge is 2.26. The molecule has 29 heavy (non-hydrogen) atoms. The molecule has 0 atom stereocenters. The van der Waals surface area contributed by atoms with Gasteiger partial charge in [0, 0.05) is 35.8 Å². The zero-order valence-electron chi connectivity index (χ0n) is 15.3. The van der Waals surface area contributed by atoms with Gasteiger partial charge < -0.3 is 10.6 Å². The van der Waals surface area contributed by atoms with Crippen LogP contribution in [0.2, 0.25) is 0 Å². The summed E-state index contributed by atoms with van der Waals surface area (Å²) in [5.41, 5.74) is 9.53. The highest BCUT2D eigenvalue weighted by molar-refractivity contribution is 9.10. The maximum atomic E-state index is 11.8. The van der Waals surface area contributed by atoms with Gasteiger partial charge >= 0.3 is 0 Å². The second kappa shape index (κ2) is 6.67. The molecule has 1 saturated heterocycles. The highest BCUT2D eigenvalue weighted by Crippen LogP contribution is 2.35. The quantitative estimate of drug-likeness (QED) is 0.477. The molecule has 0 aliphatic carbocycles. The lowest BCUT2D eigenvalue weighted by atomic mass is 10.1. The lowest BCUT2D eigenvalue weighted by Gasteiger charge is -2.28. The molecular formula is C19H17BrN6O2S. The van der Waals surface area contributed by atoms with Crippen LogP contribution in [0.25, 0.3) is 27.7 Å². The topological polar surface area (TPSA) is 106 Å². The van der Waals surface area contributed by atoms with Crippen LogP contribution in [-0.2, 0) is 9.84 Å². The third-order valence-electron chi connectivity index (χ3n) is 5.15. The molecule has 0 spiro atoms. The number of halogens is 1. The maximum absolute atomic E-state index is 11.8. The fraction of sp³-hybridized carbons (Fsp3) is 0.211. The molecule has 2 N–H and O–H groups in total. The average molecular weight is 473 g/mol. The molecular weight excluding hydrogens is 456 g/mol. The Balaban J connectivity index is 1.65. The van der Waals surface area contributed by atoms with Crippen molar-refractivity contribution in [1.82, 2.24) is 19.6 Å². The van der Waals surface area contributed by atoms with E-state index in [0.717, 1.165) is 22.0 Å². The van der Waals surface area contributed by atoms with E-state index in [1.807, 2.05) is 35.2 Å². The number of aromatic nitrogens is 4. The van der Waals surface area contributed by atoms with Gasteiger partial charge in [-0.2, -0.15) is 9.61 Å². The summed E-state index contributed by atoms with van der Waals surface area (Å²) < 4.78 is 25.8. The number of sulfone groups is 1. The molecule has 148 valence electrons. The molecule has 1 aliphatic heterocycles. The number of hydrogen-bond donors (Lipinski definition) is 1. The summed E-state index contributed by atoms with van der Waals surface area (Å²) in [6, 6.07) is 9.95. The Bertz CT molecular complexity index is 1350. The van der Waals surface area contributed by atoms with E-state index in [1.54, 1.807) is 16.9 Å². The van der Waals surface area contributed by atoms with E-state index in [4.69, 9.17) is 10.7 Å². The smallest absolute Gasteiger partial charge is 0.167 e. The first-order chi connectivity index (χ1) is 13.9. The van der Waals surface area contributed by atoms with Gasteiger partial charge in [-0.25, -0.2) is 13.4 Å². The van der Waals surface area contributed by atoms with E-state index >= 15 is 0 Å². The van der Waals surface area contributed by atoms with E-state index in [-0.39, 0.29) is 11.5 Å². The van der Waals surface area contributed by atoms with Gasteiger partial charge in [-0.3, -0.25) is 4.98 Å². The summed E-state index contributed by atoms with van der Waals surface area (Å²) in [7, 11) is -2.99. The predicted molar refractivity (Wildman–Crippen MR) is 117 cm³/mol. The Morgan fingerprint density at radius 3 is 2.66 bits per heavy atom. The van der Waals surface area contributed by atoms with Crippen LogP contribution in [0.1, 0.15) is 0 Å². The van der Waals surface area contributed by atoms with Crippen molar-refractivity contribution in [3.05, 3.63) is 47.2 Å². The van der Waals surface area contributed by atoms with E-state index < -0.39 is 9.84 Å². The van der Waals surface area contributed by atoms with Crippen molar-refractivity contribution >= 4 is 54.0 Å². The third kappa shape index (κ3) is 3.12. The molecule has 0 amide bonds. The third-order valence-corrected chi connectivity index (χ3v) is 7.52. The number of anilines is 2. The van der Waals surface area contributed by atoms with Crippen molar-refractivity contribution in [2.45, 2.75) is 0 Å². The standard InChI is InChI=1S/C19H17BrN6O2S/c20-16-17(21)26-18(24-19(16)25-5-7-29(27,28)8-6-25)14(11-23-26)13-9-12-3-1-2-4-15(12)22-10-13/h1-4,9-11H,5-8,21H2. The van der Waals surface area contributed by atoms with Gasteiger partial charge in [0.25, 0.3) is 0 Å². The van der Waals surface area contributed by atoms with Gasteiger partial charge in [0.15, 0.2) is 15.5 Å². The minimum Gasteiger partial charge on any atom is -0.383 e. The van der Waals surface area contributed by atoms with Crippen LogP contribution in [0.3, 0.4) is 0 Å². The summed E-state index contributed by atoms with van der Waals surface area (Å²) in [6.07, 6.45) is 3.52. The van der Waals surface area contributed by atoms with Crippen molar-refractivity contribution in [3.63, 3.8) is 0 Å². The van der Waals surface area contributed by atoms with Gasteiger partial charge in [0.05, 0.1) is 23.2 Å². The van der Waals surface area contributed by atoms with Gasteiger partial charge in [-0.1, -0.05) is 18.2 Å². The largest absolute Gasteiger partial charge is 0.383 e. The first-order valence-electron chi connectivity index (χ1n) is 9.06. The number of nitrogens with two attached hydrogens (primary N) is 1. The van der Waals surface area contributed by atoms with E-state index in [2.05, 4.69) is 26.0 Å². The second-order valence-electron chi connectivity index (χ2n) is 6.98. The number of rotatable bonds is 2. The Kier molecular flexibility index (Phi) is 4.21. The molecule has 5 rings (SSSR count). The van der Waals surface area contributed by atoms with Gasteiger partial charge in [-0.05, 0) is 28.1 Å². The Labute approximate surface area is 175 Å². The Morgan fingerprint density at radius 2 is 1.86 bits per heavy atom. The molecule has 10 heteroatoms. The molecule has 1 aliphatic rings. The molecule has 0 radical (unpaired) electrons. The molecule has 0 unspecified atom stereocenters. The van der Waals surface area contributed by atoms with Crippen LogP contribution in [0.5, 0.6) is 0 Å². The van der Waals surface area contributed by atoms with Crippen LogP contribution in [-0.4, -0.2) is 52.6 Å². The molecule has 1 fully saturated rings. The molecule has 0 saturated carbocycles. The maximum Gasteiger partial charge on any atom is 0.167 e. The molecule has 4 heterocycles. The van der Waals surface area contributed by atoms with Crippen molar-refractivity contribution in [3.8, 4) is 11.1 Å². The lowest BCUT2D eigenvalue weighted by Crippen LogP contribution is -2.41. The summed E-state index contributed by atoms with van der Waals surface area (Å²) in [4.78, 5) is 11.3. The van der Waals surface area contributed by atoms with Crippen molar-refractivity contribution in [2.75, 3.05) is 35.2 Å². The van der Waals surface area contributed by atoms with Crippen LogP contribution in [0.15, 0.2) is 47.2 Å². The van der Waals surface area contributed by atoms with E-state index in [9.17, 15) is 8.42 Å². The predicted octanol–water partition coefficient (Wildman–Crippen LogP) is 2.52. The number of hydrogen-bond acceptors (Lipinski definition) is 7. The number of nitrogen functional groups attached to an aromatic ring is 1. The van der Waals surface area contributed by atoms with Crippen molar-refractivity contribution in [2.24, 2.45) is 0 Å². The van der Waals surface area contributed by atoms with Crippen LogP contribution >= 0.6 is 15.9 Å². The fourth-order valence-corrected chi connectivity index (χ4v) is 5.25. The number of nitrogens with zero attached hydrogens (tertiary/aromatic N) is 5. The van der Waals surface area contributed by atoms with E-state index in [0.29, 0.717) is 34.8 Å². The normalized spacial score (nSPS) is 16.5. The minimum absolute atomic E-state index is 0.104. The van der Waals surface area contributed by atoms with Crippen molar-refractivity contribution in [1.29, 1.82) is 0 Å². The first kappa shape index (κ1) is 18.3. The summed E-state index contributed by atoms with van der Waals surface area (Å²) in [5, 5.41) is 5.43. The fourth-order valence-electron chi connectivity index (χ4n) is 3.54. The highest BCUT2D eigenvalue weighted by atomic mass is 79.9. The molecule has 1 aromatic carbocycles. The molecule has 4 aromatic rings. The Hall–Kier alpha value is -2.72. The number of pyridine rings is 1. The first-order valence-corrected chi connectivity index (χ1v) is 11.7. The summed E-state index contributed by atoms with van der Waals surface area (Å²) in [5.74, 6) is 1.25. The monoisotopic (exact) mass is 472 g/mol. The van der Waals surface area contributed by atoms with Gasteiger partial charge in [0.1, 0.15) is 16.1 Å². The number of fused-ring (bicyclic) bond motifs is 2. The van der Waals surface area contributed by atoms with Crippen LogP contribution in [0.4, 0.5) is 11.6 Å². The van der Waals surface area contributed by atoms with Crippen LogP contribution in [0, 0.1) is 0 Å². The SMILES string of the molecule is Nc1c(Br)c(N2CCS(=O)(=O)CC2)nc2c(-c3cnc4ccccc4c3)cnn12. The van der Waals surface area contributed by atoms with E-state index in [1.165, 1.54) is 0 Å². The average Bonchev–Trinajstić information content (AvgIpc) is 3.14. The molecule has 8 nitrogen and oxygen atoms in total. The Morgan fingerprint density at radius 1 is 1.10 bits per heavy atom. The number of benzene rings is 1. The lowest BCUT2D eigenvalue weighted by molar-refractivity contribution is 0.586. The molecule has 3 aromatic heterocycles. The molecule has 0 bridgehead atoms. The zero-order valence-corrected chi connectivity index (χ0v) is 17.7. The number of para-hydroxylation sites is 1. The van der Waals surface area contributed by atoms with Crippen LogP contribution < -0.4 is 10.6 Å². The van der Waals surface area contributed by atoms with Gasteiger partial charge in [-0.15, -0.1) is 0 Å². The second-order valence-corrected chi connectivity index (χ2v) is 10.1. The zero-order chi connectivity index (χ0) is 20.2. The summed E-state index contributed by atoms with van der Waals surface area (Å²) >= 11 is 3.51.